The maximum absolute atomic E-state index is 12.6. The van der Waals surface area contributed by atoms with Crippen LogP contribution in [0.2, 0.25) is 0 Å². The van der Waals surface area contributed by atoms with Crippen molar-refractivity contribution in [3.8, 4) is 0 Å². The van der Waals surface area contributed by atoms with Gasteiger partial charge in [0.1, 0.15) is 0 Å². The van der Waals surface area contributed by atoms with Crippen LogP contribution in [0.15, 0.2) is 66.9 Å². The SMILES string of the molecule is O=C(Cc1cccc2cccnc12)NC[C@@H]1CCCCN1Cc1ccccc1. The number of hydrogen-bond donors (Lipinski definition) is 1. The molecule has 0 spiro atoms. The van der Waals surface area contributed by atoms with E-state index in [1.807, 2.05) is 30.3 Å². The quantitative estimate of drug-likeness (QED) is 0.712. The summed E-state index contributed by atoms with van der Waals surface area (Å²) >= 11 is 0. The molecule has 0 saturated carbocycles. The summed E-state index contributed by atoms with van der Waals surface area (Å²) in [4.78, 5) is 19.6. The lowest BCUT2D eigenvalue weighted by molar-refractivity contribution is -0.120. The van der Waals surface area contributed by atoms with E-state index in [1.54, 1.807) is 6.20 Å². The summed E-state index contributed by atoms with van der Waals surface area (Å²) in [5.74, 6) is 0.0726. The van der Waals surface area contributed by atoms with E-state index >= 15 is 0 Å². The van der Waals surface area contributed by atoms with Crippen molar-refractivity contribution in [3.63, 3.8) is 0 Å². The van der Waals surface area contributed by atoms with Gasteiger partial charge in [-0.25, -0.2) is 0 Å². The summed E-state index contributed by atoms with van der Waals surface area (Å²) < 4.78 is 0. The van der Waals surface area contributed by atoms with Gasteiger partial charge >= 0.3 is 0 Å². The van der Waals surface area contributed by atoms with Crippen molar-refractivity contribution in [1.29, 1.82) is 0 Å². The number of benzene rings is 2. The van der Waals surface area contributed by atoms with Crippen molar-refractivity contribution in [2.45, 2.75) is 38.3 Å². The average Bonchev–Trinajstić information content (AvgIpc) is 2.74. The molecule has 1 aliphatic rings. The molecule has 1 aliphatic heterocycles. The molecule has 1 fully saturated rings. The molecule has 4 nitrogen and oxygen atoms in total. The lowest BCUT2D eigenvalue weighted by atomic mass is 10.0. The predicted octanol–water partition coefficient (Wildman–Crippen LogP) is 3.95. The lowest BCUT2D eigenvalue weighted by Gasteiger charge is -2.36. The smallest absolute Gasteiger partial charge is 0.224 e. The minimum atomic E-state index is 0.0726. The third-order valence-corrected chi connectivity index (χ3v) is 5.58. The Balaban J connectivity index is 1.36. The van der Waals surface area contributed by atoms with Gasteiger partial charge in [0.25, 0.3) is 0 Å². The van der Waals surface area contributed by atoms with Gasteiger partial charge in [-0.15, -0.1) is 0 Å². The second kappa shape index (κ2) is 8.98. The van der Waals surface area contributed by atoms with Gasteiger partial charge in [-0.05, 0) is 36.6 Å². The molecule has 28 heavy (non-hydrogen) atoms. The van der Waals surface area contributed by atoms with Crippen LogP contribution in [0.4, 0.5) is 0 Å². The maximum atomic E-state index is 12.6. The number of nitrogens with one attached hydrogen (secondary N) is 1. The standard InChI is InChI=1S/C24H27N3O/c28-23(16-21-11-6-10-20-12-7-14-25-24(20)21)26-17-22-13-4-5-15-27(22)18-19-8-2-1-3-9-19/h1-3,6-12,14,22H,4-5,13,15-18H2,(H,26,28)/t22-/m0/s1. The van der Waals surface area contributed by atoms with Crippen molar-refractivity contribution in [2.24, 2.45) is 0 Å². The van der Waals surface area contributed by atoms with Crippen LogP contribution in [-0.4, -0.2) is 34.9 Å². The molecule has 144 valence electrons. The first-order valence-electron chi connectivity index (χ1n) is 10.2. The fraction of sp³-hybridized carbons (Fsp3) is 0.333. The van der Waals surface area contributed by atoms with Crippen LogP contribution in [0.25, 0.3) is 10.9 Å². The van der Waals surface area contributed by atoms with Crippen molar-refractivity contribution >= 4 is 16.8 Å². The van der Waals surface area contributed by atoms with E-state index in [1.165, 1.54) is 18.4 Å². The first kappa shape index (κ1) is 18.6. The van der Waals surface area contributed by atoms with E-state index in [2.05, 4.69) is 45.5 Å². The topological polar surface area (TPSA) is 45.2 Å². The van der Waals surface area contributed by atoms with Gasteiger partial charge in [-0.1, -0.05) is 61.0 Å². The number of carbonyl (C=O) groups excluding carboxylic acids is 1. The summed E-state index contributed by atoms with van der Waals surface area (Å²) in [6.07, 6.45) is 5.77. The number of piperidine rings is 1. The molecule has 4 rings (SSSR count). The van der Waals surface area contributed by atoms with E-state index < -0.39 is 0 Å². The molecule has 4 heteroatoms. The number of nitrogens with zero attached hydrogens (tertiary/aromatic N) is 2. The zero-order chi connectivity index (χ0) is 19.2. The Kier molecular flexibility index (Phi) is 5.98. The highest BCUT2D eigenvalue weighted by Crippen LogP contribution is 2.20. The number of carbonyl (C=O) groups is 1. The van der Waals surface area contributed by atoms with E-state index in [4.69, 9.17) is 0 Å². The maximum Gasteiger partial charge on any atom is 0.224 e. The van der Waals surface area contributed by atoms with Gasteiger partial charge in [-0.2, -0.15) is 0 Å². The molecule has 1 saturated heterocycles. The van der Waals surface area contributed by atoms with E-state index in [9.17, 15) is 4.79 Å². The molecule has 3 aromatic rings. The highest BCUT2D eigenvalue weighted by molar-refractivity contribution is 5.87. The van der Waals surface area contributed by atoms with E-state index in [0.717, 1.165) is 36.0 Å². The van der Waals surface area contributed by atoms with Gasteiger partial charge < -0.3 is 5.32 Å². The Morgan fingerprint density at radius 3 is 2.79 bits per heavy atom. The highest BCUT2D eigenvalue weighted by atomic mass is 16.1. The second-order valence-electron chi connectivity index (χ2n) is 7.58. The summed E-state index contributed by atoms with van der Waals surface area (Å²) in [6.45, 7) is 2.77. The number of aromatic nitrogens is 1. The minimum absolute atomic E-state index is 0.0726. The zero-order valence-corrected chi connectivity index (χ0v) is 16.2. The summed E-state index contributed by atoms with van der Waals surface area (Å²) in [7, 11) is 0. The molecular weight excluding hydrogens is 346 g/mol. The number of fused-ring (bicyclic) bond motifs is 1. The van der Waals surface area contributed by atoms with Crippen LogP contribution >= 0.6 is 0 Å². The van der Waals surface area contributed by atoms with Crippen LogP contribution in [-0.2, 0) is 17.8 Å². The first-order chi connectivity index (χ1) is 13.8. The molecule has 0 bridgehead atoms. The summed E-state index contributed by atoms with van der Waals surface area (Å²) in [5.41, 5.74) is 3.24. The van der Waals surface area contributed by atoms with E-state index in [0.29, 0.717) is 19.0 Å². The van der Waals surface area contributed by atoms with Crippen LogP contribution in [0.5, 0.6) is 0 Å². The summed E-state index contributed by atoms with van der Waals surface area (Å²) in [6, 6.07) is 21.0. The average molecular weight is 374 g/mol. The number of rotatable bonds is 6. The number of para-hydroxylation sites is 1. The van der Waals surface area contributed by atoms with Gasteiger partial charge in [-0.3, -0.25) is 14.7 Å². The van der Waals surface area contributed by atoms with Crippen LogP contribution in [0.3, 0.4) is 0 Å². The van der Waals surface area contributed by atoms with Gasteiger partial charge in [0, 0.05) is 30.7 Å². The third kappa shape index (κ3) is 4.57. The van der Waals surface area contributed by atoms with E-state index in [-0.39, 0.29) is 5.91 Å². The molecule has 0 unspecified atom stereocenters. The van der Waals surface area contributed by atoms with Crippen molar-refractivity contribution < 1.29 is 4.79 Å². The minimum Gasteiger partial charge on any atom is -0.354 e. The van der Waals surface area contributed by atoms with Gasteiger partial charge in [0.2, 0.25) is 5.91 Å². The number of hydrogen-bond acceptors (Lipinski definition) is 3. The van der Waals surface area contributed by atoms with Crippen molar-refractivity contribution in [3.05, 3.63) is 78.0 Å². The fourth-order valence-electron chi connectivity index (χ4n) is 4.09. The molecule has 0 radical (unpaired) electrons. The van der Waals surface area contributed by atoms with Crippen LogP contribution in [0.1, 0.15) is 30.4 Å². The molecule has 2 aromatic carbocycles. The first-order valence-corrected chi connectivity index (χ1v) is 10.2. The molecule has 2 heterocycles. The molecule has 1 aromatic heterocycles. The second-order valence-corrected chi connectivity index (χ2v) is 7.58. The monoisotopic (exact) mass is 373 g/mol. The zero-order valence-electron chi connectivity index (χ0n) is 16.2. The van der Waals surface area contributed by atoms with Gasteiger partial charge in [0.15, 0.2) is 0 Å². The molecule has 1 atom stereocenters. The largest absolute Gasteiger partial charge is 0.354 e. The predicted molar refractivity (Wildman–Crippen MR) is 113 cm³/mol. The molecule has 1 amide bonds. The number of pyridine rings is 1. The normalized spacial score (nSPS) is 17.5. The highest BCUT2D eigenvalue weighted by Gasteiger charge is 2.23. The Morgan fingerprint density at radius 2 is 1.89 bits per heavy atom. The Hall–Kier alpha value is -2.72. The Bertz CT molecular complexity index is 920. The van der Waals surface area contributed by atoms with Crippen molar-refractivity contribution in [2.75, 3.05) is 13.1 Å². The van der Waals surface area contributed by atoms with Gasteiger partial charge in [0.05, 0.1) is 11.9 Å². The summed E-state index contributed by atoms with van der Waals surface area (Å²) in [5, 5.41) is 4.25. The Morgan fingerprint density at radius 1 is 1.04 bits per heavy atom. The lowest BCUT2D eigenvalue weighted by Crippen LogP contribution is -2.46. The van der Waals surface area contributed by atoms with Crippen LogP contribution < -0.4 is 5.32 Å². The number of amides is 1. The van der Waals surface area contributed by atoms with Crippen LogP contribution in [0, 0.1) is 0 Å². The van der Waals surface area contributed by atoms with Crippen molar-refractivity contribution in [1.82, 2.24) is 15.2 Å². The molecular formula is C24H27N3O. The Labute approximate surface area is 166 Å². The molecule has 1 N–H and O–H groups in total. The third-order valence-electron chi connectivity index (χ3n) is 5.58. The number of likely N-dealkylation sites (tertiary alicyclic amines) is 1. The molecule has 0 aliphatic carbocycles. The fourth-order valence-corrected chi connectivity index (χ4v) is 4.09.